The smallest absolute Gasteiger partial charge is 0.311 e. The van der Waals surface area contributed by atoms with Crippen LogP contribution in [0.3, 0.4) is 0 Å². The highest BCUT2D eigenvalue weighted by Gasteiger charge is 2.18. The van der Waals surface area contributed by atoms with E-state index in [9.17, 15) is 14.9 Å². The van der Waals surface area contributed by atoms with Crippen LogP contribution in [-0.4, -0.2) is 37.6 Å². The van der Waals surface area contributed by atoms with E-state index in [4.69, 9.17) is 4.74 Å². The molecule has 1 rings (SSSR count). The highest BCUT2D eigenvalue weighted by molar-refractivity contribution is 5.95. The summed E-state index contributed by atoms with van der Waals surface area (Å²) in [6.45, 7) is 3.38. The fraction of sp³-hybridized carbons (Fsp3) is 0.462. The van der Waals surface area contributed by atoms with Gasteiger partial charge in [-0.1, -0.05) is 0 Å². The lowest BCUT2D eigenvalue weighted by Crippen LogP contribution is -2.26. The average molecular weight is 281 g/mol. The predicted octanol–water partition coefficient (Wildman–Crippen LogP) is 1.33. The maximum absolute atomic E-state index is 11.9. The number of rotatable bonds is 8. The second-order valence-electron chi connectivity index (χ2n) is 4.09. The van der Waals surface area contributed by atoms with Crippen LogP contribution in [0, 0.1) is 10.1 Å². The van der Waals surface area contributed by atoms with Crippen molar-refractivity contribution in [1.82, 2.24) is 10.6 Å². The molecule has 1 aromatic rings. The van der Waals surface area contributed by atoms with E-state index in [1.165, 1.54) is 18.2 Å². The van der Waals surface area contributed by atoms with Gasteiger partial charge in [-0.3, -0.25) is 14.9 Å². The molecule has 7 nitrogen and oxygen atoms in total. The summed E-state index contributed by atoms with van der Waals surface area (Å²) in [5.41, 5.74) is 0.0549. The second-order valence-corrected chi connectivity index (χ2v) is 4.09. The van der Waals surface area contributed by atoms with Crippen LogP contribution >= 0.6 is 0 Å². The third kappa shape index (κ3) is 4.51. The maximum atomic E-state index is 11.9. The lowest BCUT2D eigenvalue weighted by Gasteiger charge is -2.07. The Balaban J connectivity index is 2.78. The van der Waals surface area contributed by atoms with Gasteiger partial charge in [0.25, 0.3) is 5.91 Å². The van der Waals surface area contributed by atoms with Crippen LogP contribution in [0.15, 0.2) is 18.2 Å². The van der Waals surface area contributed by atoms with Crippen LogP contribution in [0.1, 0.15) is 23.7 Å². The highest BCUT2D eigenvalue weighted by Crippen LogP contribution is 2.27. The molecule has 0 fully saturated rings. The third-order valence-electron chi connectivity index (χ3n) is 2.61. The molecule has 0 bridgehead atoms. The van der Waals surface area contributed by atoms with E-state index in [-0.39, 0.29) is 22.9 Å². The first-order chi connectivity index (χ1) is 9.60. The molecular weight excluding hydrogens is 262 g/mol. The Kier molecular flexibility index (Phi) is 6.45. The molecule has 0 aromatic heterocycles. The molecule has 1 amide bonds. The van der Waals surface area contributed by atoms with Gasteiger partial charge in [0.2, 0.25) is 0 Å². The number of hydrogen-bond donors (Lipinski definition) is 2. The molecule has 20 heavy (non-hydrogen) atoms. The summed E-state index contributed by atoms with van der Waals surface area (Å²) >= 11 is 0. The first-order valence-electron chi connectivity index (χ1n) is 6.44. The molecule has 0 unspecified atom stereocenters. The van der Waals surface area contributed by atoms with Gasteiger partial charge >= 0.3 is 5.69 Å². The summed E-state index contributed by atoms with van der Waals surface area (Å²) in [6, 6.07) is 4.20. The minimum absolute atomic E-state index is 0.171. The molecule has 1 aromatic carbocycles. The Hall–Kier alpha value is -2.15. The van der Waals surface area contributed by atoms with Gasteiger partial charge in [-0.2, -0.15) is 0 Å². The number of nitrogens with one attached hydrogen (secondary N) is 2. The first kappa shape index (κ1) is 15.9. The van der Waals surface area contributed by atoms with Gasteiger partial charge in [0.15, 0.2) is 5.75 Å². The van der Waals surface area contributed by atoms with Crippen LogP contribution < -0.4 is 15.4 Å². The van der Waals surface area contributed by atoms with E-state index in [0.717, 1.165) is 13.0 Å². The van der Waals surface area contributed by atoms with Crippen LogP contribution in [0.25, 0.3) is 0 Å². The second kappa shape index (κ2) is 8.11. The molecule has 0 heterocycles. The minimum atomic E-state index is -0.553. The zero-order valence-electron chi connectivity index (χ0n) is 11.6. The summed E-state index contributed by atoms with van der Waals surface area (Å²) in [5, 5.41) is 16.6. The molecule has 0 spiro atoms. The van der Waals surface area contributed by atoms with Crippen LogP contribution in [0.2, 0.25) is 0 Å². The van der Waals surface area contributed by atoms with Crippen molar-refractivity contribution >= 4 is 11.6 Å². The van der Waals surface area contributed by atoms with Crippen molar-refractivity contribution in [3.8, 4) is 5.75 Å². The van der Waals surface area contributed by atoms with Crippen molar-refractivity contribution in [3.63, 3.8) is 0 Å². The Morgan fingerprint density at radius 1 is 1.40 bits per heavy atom. The molecule has 0 saturated heterocycles. The summed E-state index contributed by atoms with van der Waals surface area (Å²) < 4.78 is 5.16. The minimum Gasteiger partial charge on any atom is -0.487 e. The third-order valence-corrected chi connectivity index (χ3v) is 2.61. The number of nitrogens with zero attached hydrogens (tertiary/aromatic N) is 1. The molecule has 0 radical (unpaired) electrons. The van der Waals surface area contributed by atoms with Gasteiger partial charge in [0, 0.05) is 18.2 Å². The molecule has 2 N–H and O–H groups in total. The predicted molar refractivity (Wildman–Crippen MR) is 75.1 cm³/mol. The Labute approximate surface area is 117 Å². The average Bonchev–Trinajstić information content (AvgIpc) is 2.44. The summed E-state index contributed by atoms with van der Waals surface area (Å²) in [6.07, 6.45) is 0.793. The van der Waals surface area contributed by atoms with Gasteiger partial charge in [-0.25, -0.2) is 0 Å². The van der Waals surface area contributed by atoms with Crippen molar-refractivity contribution < 1.29 is 14.5 Å². The number of nitro benzene ring substituents is 1. The summed E-state index contributed by atoms with van der Waals surface area (Å²) in [4.78, 5) is 22.3. The van der Waals surface area contributed by atoms with E-state index in [1.54, 1.807) is 6.92 Å². The molecular formula is C13H19N3O4. The van der Waals surface area contributed by atoms with Crippen molar-refractivity contribution in [2.24, 2.45) is 0 Å². The first-order valence-corrected chi connectivity index (χ1v) is 6.44. The summed E-state index contributed by atoms with van der Waals surface area (Å²) in [7, 11) is 1.83. The van der Waals surface area contributed by atoms with Crippen molar-refractivity contribution in [3.05, 3.63) is 33.9 Å². The molecule has 0 aliphatic rings. The molecule has 7 heteroatoms. The number of ether oxygens (including phenoxy) is 1. The lowest BCUT2D eigenvalue weighted by atomic mass is 10.1. The largest absolute Gasteiger partial charge is 0.487 e. The van der Waals surface area contributed by atoms with Crippen LogP contribution in [0.4, 0.5) is 5.69 Å². The number of carbonyl (C=O) groups excluding carboxylic acids is 1. The van der Waals surface area contributed by atoms with Gasteiger partial charge in [-0.15, -0.1) is 0 Å². The number of hydrogen-bond acceptors (Lipinski definition) is 5. The van der Waals surface area contributed by atoms with E-state index >= 15 is 0 Å². The quantitative estimate of drug-likeness (QED) is 0.426. The zero-order valence-corrected chi connectivity index (χ0v) is 11.6. The summed E-state index contributed by atoms with van der Waals surface area (Å²) in [5.74, 6) is -0.156. The van der Waals surface area contributed by atoms with E-state index < -0.39 is 4.92 Å². The van der Waals surface area contributed by atoms with E-state index in [1.807, 2.05) is 7.05 Å². The van der Waals surface area contributed by atoms with Crippen molar-refractivity contribution in [2.45, 2.75) is 13.3 Å². The fourth-order valence-corrected chi connectivity index (χ4v) is 1.65. The van der Waals surface area contributed by atoms with E-state index in [2.05, 4.69) is 10.6 Å². The fourth-order valence-electron chi connectivity index (χ4n) is 1.65. The normalized spacial score (nSPS) is 10.1. The number of carbonyl (C=O) groups is 1. The lowest BCUT2D eigenvalue weighted by molar-refractivity contribution is -0.385. The number of nitro groups is 1. The number of amides is 1. The van der Waals surface area contributed by atoms with E-state index in [0.29, 0.717) is 13.2 Å². The van der Waals surface area contributed by atoms with Crippen LogP contribution in [0.5, 0.6) is 5.75 Å². The Bertz CT molecular complexity index is 477. The Morgan fingerprint density at radius 3 is 2.75 bits per heavy atom. The SMILES string of the molecule is CCOc1ccc(C(=O)NCCCNC)cc1[N+](=O)[O-]. The zero-order chi connectivity index (χ0) is 15.0. The molecule has 0 aliphatic heterocycles. The molecule has 0 aliphatic carbocycles. The van der Waals surface area contributed by atoms with Crippen molar-refractivity contribution in [2.75, 3.05) is 26.7 Å². The van der Waals surface area contributed by atoms with Gasteiger partial charge in [0.05, 0.1) is 11.5 Å². The van der Waals surface area contributed by atoms with Crippen molar-refractivity contribution in [1.29, 1.82) is 0 Å². The van der Waals surface area contributed by atoms with Gasteiger partial charge in [0.1, 0.15) is 0 Å². The highest BCUT2D eigenvalue weighted by atomic mass is 16.6. The standard InChI is InChI=1S/C13H19N3O4/c1-3-20-12-6-5-10(9-11(12)16(18)19)13(17)15-8-4-7-14-2/h5-6,9,14H,3-4,7-8H2,1-2H3,(H,15,17). The molecule has 110 valence electrons. The molecule has 0 atom stereocenters. The van der Waals surface area contributed by atoms with Gasteiger partial charge < -0.3 is 15.4 Å². The molecule has 0 saturated carbocycles. The Morgan fingerprint density at radius 2 is 2.15 bits per heavy atom. The monoisotopic (exact) mass is 281 g/mol. The topological polar surface area (TPSA) is 93.5 Å². The van der Waals surface area contributed by atoms with Gasteiger partial charge in [-0.05, 0) is 39.1 Å². The van der Waals surface area contributed by atoms with Crippen LogP contribution in [-0.2, 0) is 0 Å². The maximum Gasteiger partial charge on any atom is 0.311 e. The number of benzene rings is 1.